The van der Waals surface area contributed by atoms with Crippen molar-refractivity contribution in [1.29, 1.82) is 0 Å². The van der Waals surface area contributed by atoms with Gasteiger partial charge in [-0.25, -0.2) is 22.6 Å². The second-order valence-corrected chi connectivity index (χ2v) is 9.23. The van der Waals surface area contributed by atoms with Gasteiger partial charge >= 0.3 is 6.09 Å². The van der Waals surface area contributed by atoms with Crippen molar-refractivity contribution in [3.63, 3.8) is 0 Å². The molecule has 0 aliphatic carbocycles. The zero-order chi connectivity index (χ0) is 21.0. The summed E-state index contributed by atoms with van der Waals surface area (Å²) < 4.78 is 42.4. The number of benzene rings is 1. The number of aryl methyl sites for hydroxylation is 1. The second kappa shape index (κ2) is 8.91. The maximum absolute atomic E-state index is 13.3. The molecule has 3 rings (SSSR count). The summed E-state index contributed by atoms with van der Waals surface area (Å²) in [5.74, 6) is -0.327. The lowest BCUT2D eigenvalue weighted by molar-refractivity contribution is 0.194. The highest BCUT2D eigenvalue weighted by atomic mass is 32.2. The van der Waals surface area contributed by atoms with Crippen LogP contribution in [-0.2, 0) is 17.1 Å². The molecule has 8 nitrogen and oxygen atoms in total. The van der Waals surface area contributed by atoms with Gasteiger partial charge in [-0.05, 0) is 36.5 Å². The third-order valence-electron chi connectivity index (χ3n) is 5.27. The number of imidazole rings is 1. The van der Waals surface area contributed by atoms with Gasteiger partial charge in [-0.3, -0.25) is 0 Å². The van der Waals surface area contributed by atoms with Crippen LogP contribution in [0.5, 0.6) is 0 Å². The Morgan fingerprint density at radius 2 is 2.00 bits per heavy atom. The van der Waals surface area contributed by atoms with Crippen LogP contribution in [0.2, 0.25) is 0 Å². The number of amides is 1. The normalized spacial score (nSPS) is 20.1. The Morgan fingerprint density at radius 3 is 2.62 bits per heavy atom. The number of unbranched alkanes of at least 4 members (excludes halogenated alkanes) is 1. The van der Waals surface area contributed by atoms with Crippen molar-refractivity contribution in [3.8, 4) is 0 Å². The molecule has 0 bridgehead atoms. The van der Waals surface area contributed by atoms with Crippen LogP contribution in [0.25, 0.3) is 0 Å². The van der Waals surface area contributed by atoms with E-state index >= 15 is 0 Å². The van der Waals surface area contributed by atoms with E-state index in [1.54, 1.807) is 23.7 Å². The number of nitrogens with zero attached hydrogens (tertiary/aromatic N) is 3. The third kappa shape index (κ3) is 5.13. The van der Waals surface area contributed by atoms with Crippen molar-refractivity contribution in [2.75, 3.05) is 19.6 Å². The number of hydrogen-bond donors (Lipinski definition) is 2. The van der Waals surface area contributed by atoms with Gasteiger partial charge < -0.3 is 15.0 Å². The minimum atomic E-state index is -3.71. The molecule has 158 valence electrons. The Morgan fingerprint density at radius 1 is 1.28 bits per heavy atom. The number of carbonyl (C=O) groups is 1. The summed E-state index contributed by atoms with van der Waals surface area (Å²) in [5.41, 5.74) is 0.902. The molecule has 1 saturated heterocycles. The van der Waals surface area contributed by atoms with Crippen LogP contribution in [0.1, 0.15) is 30.7 Å². The lowest BCUT2D eigenvalue weighted by atomic mass is 9.85. The summed E-state index contributed by atoms with van der Waals surface area (Å²) in [4.78, 5) is 14.5. The van der Waals surface area contributed by atoms with Gasteiger partial charge in [0.15, 0.2) is 5.03 Å². The van der Waals surface area contributed by atoms with E-state index in [1.807, 2.05) is 0 Å². The Balaban J connectivity index is 1.74. The van der Waals surface area contributed by atoms with E-state index in [0.29, 0.717) is 26.1 Å². The zero-order valence-corrected chi connectivity index (χ0v) is 17.0. The van der Waals surface area contributed by atoms with Crippen LogP contribution in [0.4, 0.5) is 9.18 Å². The molecule has 10 heteroatoms. The van der Waals surface area contributed by atoms with Crippen LogP contribution in [-0.4, -0.2) is 53.1 Å². The maximum atomic E-state index is 13.3. The van der Waals surface area contributed by atoms with Crippen LogP contribution in [0.15, 0.2) is 41.8 Å². The van der Waals surface area contributed by atoms with Gasteiger partial charge in [-0.1, -0.05) is 18.6 Å². The molecule has 0 saturated carbocycles. The number of nitrogens with one attached hydrogen (secondary N) is 1. The molecule has 1 aliphatic heterocycles. The molecule has 2 aromatic rings. The Kier molecular flexibility index (Phi) is 6.53. The standard InChI is InChI=1S/C19H25FN4O4S/c1-23-12-18(22-13-23)29(27,28)24-10-15(4-2-3-9-21-19(25)26)17(11-24)14-5-7-16(20)8-6-14/h5-8,12-13,15,17,21H,2-4,9-11H2,1H3,(H,25,26). The molecule has 1 fully saturated rings. The van der Waals surface area contributed by atoms with E-state index in [4.69, 9.17) is 5.11 Å². The lowest BCUT2D eigenvalue weighted by Gasteiger charge is -2.18. The number of sulfonamides is 1. The Bertz CT molecular complexity index is 945. The maximum Gasteiger partial charge on any atom is 0.404 e. The quantitative estimate of drug-likeness (QED) is 0.633. The van der Waals surface area contributed by atoms with Gasteiger partial charge in [-0.15, -0.1) is 0 Å². The lowest BCUT2D eigenvalue weighted by Crippen LogP contribution is -2.29. The second-order valence-electron chi connectivity index (χ2n) is 7.35. The van der Waals surface area contributed by atoms with E-state index in [1.165, 1.54) is 29.0 Å². The molecule has 0 radical (unpaired) electrons. The summed E-state index contributed by atoms with van der Waals surface area (Å²) in [7, 11) is -2.00. The first kappa shape index (κ1) is 21.3. The van der Waals surface area contributed by atoms with Crippen molar-refractivity contribution < 1.29 is 22.7 Å². The molecule has 29 heavy (non-hydrogen) atoms. The monoisotopic (exact) mass is 424 g/mol. The zero-order valence-electron chi connectivity index (χ0n) is 16.2. The first-order chi connectivity index (χ1) is 13.8. The molecule has 1 aromatic heterocycles. The highest BCUT2D eigenvalue weighted by Crippen LogP contribution is 2.38. The van der Waals surface area contributed by atoms with Crippen molar-refractivity contribution >= 4 is 16.1 Å². The van der Waals surface area contributed by atoms with E-state index in [2.05, 4.69) is 10.3 Å². The molecular weight excluding hydrogens is 399 g/mol. The fourth-order valence-electron chi connectivity index (χ4n) is 3.79. The number of hydrogen-bond acceptors (Lipinski definition) is 4. The van der Waals surface area contributed by atoms with Crippen molar-refractivity contribution in [3.05, 3.63) is 48.2 Å². The number of aromatic nitrogens is 2. The van der Waals surface area contributed by atoms with Crippen LogP contribution < -0.4 is 5.32 Å². The smallest absolute Gasteiger partial charge is 0.404 e. The van der Waals surface area contributed by atoms with Crippen molar-refractivity contribution in [2.45, 2.75) is 30.2 Å². The molecule has 0 spiro atoms. The van der Waals surface area contributed by atoms with Crippen LogP contribution >= 0.6 is 0 Å². The molecule has 1 amide bonds. The summed E-state index contributed by atoms with van der Waals surface area (Å²) in [6.45, 7) is 1.02. The Hall–Kier alpha value is -2.46. The average Bonchev–Trinajstić information content (AvgIpc) is 3.29. The molecular formula is C19H25FN4O4S. The van der Waals surface area contributed by atoms with Gasteiger partial charge in [0, 0.05) is 38.8 Å². The van der Waals surface area contributed by atoms with Gasteiger partial charge in [0.05, 0.1) is 6.33 Å². The van der Waals surface area contributed by atoms with Gasteiger partial charge in [0.1, 0.15) is 5.82 Å². The van der Waals surface area contributed by atoms with E-state index in [9.17, 15) is 17.6 Å². The molecule has 1 aromatic carbocycles. The van der Waals surface area contributed by atoms with Gasteiger partial charge in [0.2, 0.25) is 0 Å². The van der Waals surface area contributed by atoms with Crippen LogP contribution in [0.3, 0.4) is 0 Å². The van der Waals surface area contributed by atoms with Gasteiger partial charge in [0.25, 0.3) is 10.0 Å². The number of halogens is 1. The summed E-state index contributed by atoms with van der Waals surface area (Å²) in [6.07, 6.45) is 4.06. The van der Waals surface area contributed by atoms with Crippen molar-refractivity contribution in [2.24, 2.45) is 13.0 Å². The predicted molar refractivity (Wildman–Crippen MR) is 104 cm³/mol. The Labute approximate surface area is 169 Å². The molecule has 2 heterocycles. The number of rotatable bonds is 8. The first-order valence-electron chi connectivity index (χ1n) is 9.47. The molecule has 2 atom stereocenters. The predicted octanol–water partition coefficient (Wildman–Crippen LogP) is 2.40. The largest absolute Gasteiger partial charge is 0.465 e. The molecule has 2 N–H and O–H groups in total. The van der Waals surface area contributed by atoms with Crippen LogP contribution in [0, 0.1) is 11.7 Å². The minimum absolute atomic E-state index is 0.0177. The topological polar surface area (TPSA) is 105 Å². The van der Waals surface area contributed by atoms with Crippen molar-refractivity contribution in [1.82, 2.24) is 19.2 Å². The van der Waals surface area contributed by atoms with E-state index in [-0.39, 0.29) is 22.7 Å². The summed E-state index contributed by atoms with van der Waals surface area (Å²) in [5, 5.41) is 11.0. The fraction of sp³-hybridized carbons (Fsp3) is 0.474. The molecule has 1 aliphatic rings. The molecule has 2 unspecified atom stereocenters. The SMILES string of the molecule is Cn1cnc(S(=O)(=O)N2CC(CCCCNC(=O)O)C(c3ccc(F)cc3)C2)c1. The van der Waals surface area contributed by atoms with E-state index < -0.39 is 16.1 Å². The highest BCUT2D eigenvalue weighted by molar-refractivity contribution is 7.89. The summed E-state index contributed by atoms with van der Waals surface area (Å²) >= 11 is 0. The van der Waals surface area contributed by atoms with E-state index in [0.717, 1.165) is 18.4 Å². The fourth-order valence-corrected chi connectivity index (χ4v) is 5.28. The average molecular weight is 424 g/mol. The minimum Gasteiger partial charge on any atom is -0.465 e. The third-order valence-corrected chi connectivity index (χ3v) is 6.99. The highest BCUT2D eigenvalue weighted by Gasteiger charge is 2.40. The first-order valence-corrected chi connectivity index (χ1v) is 10.9. The van der Waals surface area contributed by atoms with Gasteiger partial charge in [-0.2, -0.15) is 4.31 Å². The summed E-state index contributed by atoms with van der Waals surface area (Å²) in [6, 6.07) is 6.18. The number of carboxylic acid groups (broad SMARTS) is 1.